The lowest BCUT2D eigenvalue weighted by Gasteiger charge is -2.20. The van der Waals surface area contributed by atoms with Crippen LogP contribution >= 0.6 is 22.9 Å². The van der Waals surface area contributed by atoms with Crippen LogP contribution in [0.2, 0.25) is 5.02 Å². The van der Waals surface area contributed by atoms with Crippen molar-refractivity contribution in [1.29, 1.82) is 0 Å². The molecule has 1 atom stereocenters. The second-order valence-corrected chi connectivity index (χ2v) is 5.50. The summed E-state index contributed by atoms with van der Waals surface area (Å²) < 4.78 is 5.45. The van der Waals surface area contributed by atoms with Crippen LogP contribution < -0.4 is 10.1 Å². The van der Waals surface area contributed by atoms with Crippen molar-refractivity contribution >= 4 is 22.9 Å². The summed E-state index contributed by atoms with van der Waals surface area (Å²) in [6, 6.07) is 5.75. The molecule has 0 aliphatic heterocycles. The van der Waals surface area contributed by atoms with Crippen molar-refractivity contribution in [1.82, 2.24) is 10.3 Å². The summed E-state index contributed by atoms with van der Waals surface area (Å²) in [6.45, 7) is 4.96. The SMILES string of the molecule is CCNC(c1cc(Cl)ccc1OC)c1scnc1C. The molecule has 1 unspecified atom stereocenters. The normalized spacial score (nSPS) is 12.4. The smallest absolute Gasteiger partial charge is 0.124 e. The molecule has 0 saturated carbocycles. The average molecular weight is 297 g/mol. The molecule has 1 N–H and O–H groups in total. The van der Waals surface area contributed by atoms with E-state index in [4.69, 9.17) is 16.3 Å². The van der Waals surface area contributed by atoms with Crippen molar-refractivity contribution in [3.63, 3.8) is 0 Å². The number of nitrogens with zero attached hydrogens (tertiary/aromatic N) is 1. The lowest BCUT2D eigenvalue weighted by atomic mass is 10.0. The van der Waals surface area contributed by atoms with E-state index in [2.05, 4.69) is 17.2 Å². The average Bonchev–Trinajstić information content (AvgIpc) is 2.82. The Labute approximate surface area is 122 Å². The summed E-state index contributed by atoms with van der Waals surface area (Å²) >= 11 is 7.77. The molecule has 2 rings (SSSR count). The molecule has 1 aromatic carbocycles. The molecule has 0 fully saturated rings. The van der Waals surface area contributed by atoms with Crippen LogP contribution in [0.1, 0.15) is 29.1 Å². The molecule has 0 saturated heterocycles. The fraction of sp³-hybridized carbons (Fsp3) is 0.357. The van der Waals surface area contributed by atoms with Gasteiger partial charge < -0.3 is 10.1 Å². The minimum absolute atomic E-state index is 0.0612. The number of hydrogen-bond acceptors (Lipinski definition) is 4. The Hall–Kier alpha value is -1.10. The van der Waals surface area contributed by atoms with Crippen LogP contribution in [0.25, 0.3) is 0 Å². The van der Waals surface area contributed by atoms with E-state index in [1.807, 2.05) is 30.6 Å². The number of halogens is 1. The molecule has 19 heavy (non-hydrogen) atoms. The Morgan fingerprint density at radius 1 is 1.47 bits per heavy atom. The number of rotatable bonds is 5. The summed E-state index contributed by atoms with van der Waals surface area (Å²) in [6.07, 6.45) is 0. The Bertz CT molecular complexity index is 556. The molecule has 0 spiro atoms. The Morgan fingerprint density at radius 3 is 2.84 bits per heavy atom. The van der Waals surface area contributed by atoms with Gasteiger partial charge in [0.1, 0.15) is 5.75 Å². The Kier molecular flexibility index (Phi) is 4.80. The Morgan fingerprint density at radius 2 is 2.26 bits per heavy atom. The third-order valence-electron chi connectivity index (χ3n) is 2.96. The van der Waals surface area contributed by atoms with Crippen molar-refractivity contribution in [2.24, 2.45) is 0 Å². The van der Waals surface area contributed by atoms with Crippen LogP contribution in [0, 0.1) is 6.92 Å². The van der Waals surface area contributed by atoms with Crippen LogP contribution in [0.3, 0.4) is 0 Å². The first-order valence-electron chi connectivity index (χ1n) is 6.14. The fourth-order valence-corrected chi connectivity index (χ4v) is 3.14. The maximum Gasteiger partial charge on any atom is 0.124 e. The van der Waals surface area contributed by atoms with E-state index in [1.54, 1.807) is 18.4 Å². The first-order chi connectivity index (χ1) is 9.17. The van der Waals surface area contributed by atoms with E-state index in [9.17, 15) is 0 Å². The first-order valence-corrected chi connectivity index (χ1v) is 7.40. The van der Waals surface area contributed by atoms with E-state index >= 15 is 0 Å². The van der Waals surface area contributed by atoms with Crippen molar-refractivity contribution in [3.8, 4) is 5.75 Å². The summed E-state index contributed by atoms with van der Waals surface area (Å²) in [4.78, 5) is 5.52. The molecule has 3 nitrogen and oxygen atoms in total. The summed E-state index contributed by atoms with van der Waals surface area (Å²) in [5.74, 6) is 0.836. The van der Waals surface area contributed by atoms with Gasteiger partial charge in [-0.2, -0.15) is 0 Å². The highest BCUT2D eigenvalue weighted by atomic mass is 35.5. The summed E-state index contributed by atoms with van der Waals surface area (Å²) in [5, 5.41) is 4.18. The lowest BCUT2D eigenvalue weighted by Crippen LogP contribution is -2.22. The number of thiazole rings is 1. The van der Waals surface area contributed by atoms with Gasteiger partial charge in [0, 0.05) is 15.5 Å². The first kappa shape index (κ1) is 14.3. The Balaban J connectivity index is 2.50. The zero-order valence-corrected chi connectivity index (χ0v) is 12.8. The van der Waals surface area contributed by atoms with Gasteiger partial charge in [0.15, 0.2) is 0 Å². The number of benzene rings is 1. The van der Waals surface area contributed by atoms with Gasteiger partial charge in [-0.3, -0.25) is 0 Å². The summed E-state index contributed by atoms with van der Waals surface area (Å²) in [5.41, 5.74) is 3.95. The quantitative estimate of drug-likeness (QED) is 0.911. The van der Waals surface area contributed by atoms with Crippen LogP contribution in [0.4, 0.5) is 0 Å². The van der Waals surface area contributed by atoms with Gasteiger partial charge in [-0.1, -0.05) is 18.5 Å². The van der Waals surface area contributed by atoms with E-state index in [1.165, 1.54) is 4.88 Å². The third-order valence-corrected chi connectivity index (χ3v) is 4.19. The molecule has 0 aliphatic carbocycles. The molecule has 0 aliphatic rings. The van der Waals surface area contributed by atoms with E-state index < -0.39 is 0 Å². The molecule has 0 amide bonds. The molecule has 5 heteroatoms. The van der Waals surface area contributed by atoms with Gasteiger partial charge in [-0.25, -0.2) is 4.98 Å². The molecular weight excluding hydrogens is 280 g/mol. The highest BCUT2D eigenvalue weighted by molar-refractivity contribution is 7.09. The topological polar surface area (TPSA) is 34.1 Å². The van der Waals surface area contributed by atoms with Gasteiger partial charge >= 0.3 is 0 Å². The molecule has 1 aromatic heterocycles. The fourth-order valence-electron chi connectivity index (χ4n) is 2.07. The predicted octanol–water partition coefficient (Wildman–Crippen LogP) is 3.81. The molecule has 2 aromatic rings. The van der Waals surface area contributed by atoms with Crippen molar-refractivity contribution in [2.45, 2.75) is 19.9 Å². The number of ether oxygens (including phenoxy) is 1. The molecule has 0 bridgehead atoms. The number of aromatic nitrogens is 1. The van der Waals surface area contributed by atoms with Crippen LogP contribution in [-0.2, 0) is 0 Å². The number of nitrogens with one attached hydrogen (secondary N) is 1. The number of aryl methyl sites for hydroxylation is 1. The molecular formula is C14H17ClN2OS. The van der Waals surface area contributed by atoms with Crippen LogP contribution in [-0.4, -0.2) is 18.6 Å². The summed E-state index contributed by atoms with van der Waals surface area (Å²) in [7, 11) is 1.68. The second kappa shape index (κ2) is 6.37. The van der Waals surface area contributed by atoms with Crippen LogP contribution in [0.15, 0.2) is 23.7 Å². The maximum absolute atomic E-state index is 6.12. The van der Waals surface area contributed by atoms with Crippen molar-refractivity contribution in [3.05, 3.63) is 44.9 Å². The standard InChI is InChI=1S/C14H17ClN2OS/c1-4-16-13(14-9(2)17-8-19-14)11-7-10(15)5-6-12(11)18-3/h5-8,13,16H,4H2,1-3H3. The van der Waals surface area contributed by atoms with E-state index in [0.717, 1.165) is 23.6 Å². The second-order valence-electron chi connectivity index (χ2n) is 4.18. The molecule has 102 valence electrons. The van der Waals surface area contributed by atoms with Gasteiger partial charge in [-0.05, 0) is 31.7 Å². The van der Waals surface area contributed by atoms with Gasteiger partial charge in [0.05, 0.1) is 24.4 Å². The van der Waals surface area contributed by atoms with Crippen LogP contribution in [0.5, 0.6) is 5.75 Å². The zero-order valence-electron chi connectivity index (χ0n) is 11.2. The minimum atomic E-state index is 0.0612. The maximum atomic E-state index is 6.12. The predicted molar refractivity (Wildman–Crippen MR) is 80.4 cm³/mol. The van der Waals surface area contributed by atoms with E-state index in [-0.39, 0.29) is 6.04 Å². The third kappa shape index (κ3) is 3.08. The molecule has 0 radical (unpaired) electrons. The van der Waals surface area contributed by atoms with E-state index in [0.29, 0.717) is 5.02 Å². The van der Waals surface area contributed by atoms with Crippen molar-refractivity contribution in [2.75, 3.05) is 13.7 Å². The van der Waals surface area contributed by atoms with Gasteiger partial charge in [0.2, 0.25) is 0 Å². The molecule has 1 heterocycles. The highest BCUT2D eigenvalue weighted by Gasteiger charge is 2.21. The largest absolute Gasteiger partial charge is 0.496 e. The number of hydrogen-bond donors (Lipinski definition) is 1. The van der Waals surface area contributed by atoms with Crippen molar-refractivity contribution < 1.29 is 4.74 Å². The lowest BCUT2D eigenvalue weighted by molar-refractivity contribution is 0.404. The van der Waals surface area contributed by atoms with Gasteiger partial charge in [0.25, 0.3) is 0 Å². The zero-order chi connectivity index (χ0) is 13.8. The highest BCUT2D eigenvalue weighted by Crippen LogP contribution is 2.35. The van der Waals surface area contributed by atoms with Gasteiger partial charge in [-0.15, -0.1) is 11.3 Å². The monoisotopic (exact) mass is 296 g/mol. The minimum Gasteiger partial charge on any atom is -0.496 e. The number of methoxy groups -OCH3 is 1.